The number of rotatable bonds is 6. The van der Waals surface area contributed by atoms with Crippen molar-refractivity contribution in [1.29, 1.82) is 0 Å². The molecule has 0 atom stereocenters. The summed E-state index contributed by atoms with van der Waals surface area (Å²) in [5, 5.41) is 8.75. The Bertz CT molecular complexity index is 645. The number of aromatic nitrogens is 3. The summed E-state index contributed by atoms with van der Waals surface area (Å²) in [6.07, 6.45) is 4.98. The van der Waals surface area contributed by atoms with Gasteiger partial charge in [-0.25, -0.2) is 0 Å². The van der Waals surface area contributed by atoms with Crippen molar-refractivity contribution in [2.45, 2.75) is 44.2 Å². The van der Waals surface area contributed by atoms with Gasteiger partial charge in [0.15, 0.2) is 5.82 Å². The van der Waals surface area contributed by atoms with Crippen LogP contribution in [0.3, 0.4) is 0 Å². The molecule has 0 N–H and O–H groups in total. The molecule has 2 aliphatic rings. The molecule has 2 aromatic rings. The van der Waals surface area contributed by atoms with Crippen molar-refractivity contribution in [3.8, 4) is 11.5 Å². The van der Waals surface area contributed by atoms with E-state index in [4.69, 9.17) is 9.47 Å². The van der Waals surface area contributed by atoms with Gasteiger partial charge in [-0.05, 0) is 37.8 Å². The van der Waals surface area contributed by atoms with E-state index in [1.54, 1.807) is 7.11 Å². The Morgan fingerprint density at radius 3 is 2.67 bits per heavy atom. The zero-order valence-corrected chi connectivity index (χ0v) is 12.2. The third-order valence-electron chi connectivity index (χ3n) is 4.06. The number of methoxy groups -OCH3 is 1. The molecule has 4 rings (SSSR count). The monoisotopic (exact) mass is 285 g/mol. The molecular weight excluding hydrogens is 266 g/mol. The molecule has 2 fully saturated rings. The first-order valence-electron chi connectivity index (χ1n) is 7.55. The molecule has 1 aromatic carbocycles. The minimum atomic E-state index is 0.462. The van der Waals surface area contributed by atoms with Crippen LogP contribution in [0.4, 0.5) is 0 Å². The lowest BCUT2D eigenvalue weighted by Crippen LogP contribution is -2.08. The van der Waals surface area contributed by atoms with E-state index in [-0.39, 0.29) is 0 Å². The van der Waals surface area contributed by atoms with Crippen LogP contribution < -0.4 is 9.47 Å². The minimum Gasteiger partial charge on any atom is -0.497 e. The average Bonchev–Trinajstić information content (AvgIpc) is 3.44. The smallest absolute Gasteiger partial charge is 0.171 e. The van der Waals surface area contributed by atoms with Crippen molar-refractivity contribution in [2.75, 3.05) is 7.11 Å². The van der Waals surface area contributed by atoms with Crippen LogP contribution >= 0.6 is 0 Å². The van der Waals surface area contributed by atoms with Crippen molar-refractivity contribution >= 4 is 0 Å². The van der Waals surface area contributed by atoms with Gasteiger partial charge in [0.05, 0.1) is 7.11 Å². The summed E-state index contributed by atoms with van der Waals surface area (Å²) >= 11 is 0. The van der Waals surface area contributed by atoms with Crippen molar-refractivity contribution in [3.05, 3.63) is 35.9 Å². The highest BCUT2D eigenvalue weighted by Crippen LogP contribution is 2.44. The lowest BCUT2D eigenvalue weighted by Gasteiger charge is -2.10. The number of nitrogens with zero attached hydrogens (tertiary/aromatic N) is 3. The zero-order valence-electron chi connectivity index (χ0n) is 12.2. The Morgan fingerprint density at radius 2 is 1.95 bits per heavy atom. The Morgan fingerprint density at radius 1 is 1.14 bits per heavy atom. The Balaban J connectivity index is 1.51. The third kappa shape index (κ3) is 2.60. The van der Waals surface area contributed by atoms with E-state index in [0.29, 0.717) is 18.6 Å². The fourth-order valence-corrected chi connectivity index (χ4v) is 2.63. The van der Waals surface area contributed by atoms with Gasteiger partial charge in [0.1, 0.15) is 23.9 Å². The van der Waals surface area contributed by atoms with E-state index in [1.807, 2.05) is 24.3 Å². The molecule has 21 heavy (non-hydrogen) atoms. The average molecular weight is 285 g/mol. The molecule has 5 heteroatoms. The first-order valence-corrected chi connectivity index (χ1v) is 7.55. The van der Waals surface area contributed by atoms with Gasteiger partial charge < -0.3 is 14.0 Å². The number of benzene rings is 1. The quantitative estimate of drug-likeness (QED) is 0.818. The first kappa shape index (κ1) is 12.7. The Labute approximate surface area is 123 Å². The molecule has 5 nitrogen and oxygen atoms in total. The van der Waals surface area contributed by atoms with E-state index in [2.05, 4.69) is 14.8 Å². The molecule has 0 spiro atoms. The maximum Gasteiger partial charge on any atom is 0.171 e. The second kappa shape index (κ2) is 5.06. The predicted molar refractivity (Wildman–Crippen MR) is 77.6 cm³/mol. The summed E-state index contributed by atoms with van der Waals surface area (Å²) in [4.78, 5) is 0. The van der Waals surface area contributed by atoms with E-state index in [1.165, 1.54) is 31.5 Å². The summed E-state index contributed by atoms with van der Waals surface area (Å²) < 4.78 is 13.4. The highest BCUT2D eigenvalue weighted by atomic mass is 16.5. The van der Waals surface area contributed by atoms with Crippen LogP contribution in [0.25, 0.3) is 0 Å². The van der Waals surface area contributed by atoms with Crippen LogP contribution in [0.5, 0.6) is 11.5 Å². The molecule has 110 valence electrons. The number of ether oxygens (including phenoxy) is 2. The van der Waals surface area contributed by atoms with Crippen LogP contribution in [-0.4, -0.2) is 21.9 Å². The molecular formula is C16H19N3O2. The maximum absolute atomic E-state index is 5.86. The predicted octanol–water partition coefficient (Wildman–Crippen LogP) is 3.08. The number of hydrogen-bond acceptors (Lipinski definition) is 4. The summed E-state index contributed by atoms with van der Waals surface area (Å²) in [5.41, 5.74) is 0. The lowest BCUT2D eigenvalue weighted by molar-refractivity contribution is 0.286. The maximum atomic E-state index is 5.86. The molecule has 2 saturated carbocycles. The summed E-state index contributed by atoms with van der Waals surface area (Å²) in [5.74, 6) is 4.34. The third-order valence-corrected chi connectivity index (χ3v) is 4.06. The van der Waals surface area contributed by atoms with E-state index < -0.39 is 0 Å². The van der Waals surface area contributed by atoms with Crippen LogP contribution in [0.2, 0.25) is 0 Å². The Hall–Kier alpha value is -2.04. The van der Waals surface area contributed by atoms with Crippen LogP contribution in [0.15, 0.2) is 24.3 Å². The van der Waals surface area contributed by atoms with Gasteiger partial charge in [-0.15, -0.1) is 10.2 Å². The van der Waals surface area contributed by atoms with E-state index >= 15 is 0 Å². The fourth-order valence-electron chi connectivity index (χ4n) is 2.63. The minimum absolute atomic E-state index is 0.462. The summed E-state index contributed by atoms with van der Waals surface area (Å²) in [7, 11) is 1.66. The first-order chi connectivity index (χ1) is 10.3. The molecule has 0 saturated heterocycles. The van der Waals surface area contributed by atoms with E-state index in [0.717, 1.165) is 17.3 Å². The molecule has 1 heterocycles. The van der Waals surface area contributed by atoms with Crippen molar-refractivity contribution in [2.24, 2.45) is 0 Å². The molecule has 0 amide bonds. The van der Waals surface area contributed by atoms with Crippen molar-refractivity contribution < 1.29 is 9.47 Å². The van der Waals surface area contributed by atoms with Gasteiger partial charge in [-0.3, -0.25) is 0 Å². The largest absolute Gasteiger partial charge is 0.497 e. The van der Waals surface area contributed by atoms with Crippen molar-refractivity contribution in [3.63, 3.8) is 0 Å². The SMILES string of the molecule is COc1cccc(OCc2nnc(C3CC3)n2C2CC2)c1. The summed E-state index contributed by atoms with van der Waals surface area (Å²) in [6.45, 7) is 0.462. The Kier molecular flexibility index (Phi) is 3.05. The highest BCUT2D eigenvalue weighted by molar-refractivity contribution is 5.32. The van der Waals surface area contributed by atoms with Gasteiger partial charge >= 0.3 is 0 Å². The topological polar surface area (TPSA) is 49.2 Å². The molecule has 2 aliphatic carbocycles. The van der Waals surface area contributed by atoms with Crippen molar-refractivity contribution in [1.82, 2.24) is 14.8 Å². The van der Waals surface area contributed by atoms with Gasteiger partial charge in [0.25, 0.3) is 0 Å². The molecule has 0 unspecified atom stereocenters. The van der Waals surface area contributed by atoms with Gasteiger partial charge in [-0.2, -0.15) is 0 Å². The van der Waals surface area contributed by atoms with Gasteiger partial charge in [-0.1, -0.05) is 6.07 Å². The highest BCUT2D eigenvalue weighted by Gasteiger charge is 2.36. The molecule has 0 aliphatic heterocycles. The van der Waals surface area contributed by atoms with Crippen LogP contribution in [0, 0.1) is 0 Å². The lowest BCUT2D eigenvalue weighted by atomic mass is 10.3. The molecule has 0 radical (unpaired) electrons. The van der Waals surface area contributed by atoms with Crippen LogP contribution in [-0.2, 0) is 6.61 Å². The second-order valence-corrected chi connectivity index (χ2v) is 5.82. The standard InChI is InChI=1S/C16H19N3O2/c1-20-13-3-2-4-14(9-13)21-10-15-17-18-16(11-5-6-11)19(15)12-7-8-12/h2-4,9,11-12H,5-8,10H2,1H3. The second-order valence-electron chi connectivity index (χ2n) is 5.82. The van der Waals surface area contributed by atoms with E-state index in [9.17, 15) is 0 Å². The van der Waals surface area contributed by atoms with Gasteiger partial charge in [0.2, 0.25) is 0 Å². The molecule has 1 aromatic heterocycles. The normalized spacial score (nSPS) is 17.8. The molecule has 0 bridgehead atoms. The zero-order chi connectivity index (χ0) is 14.2. The number of hydrogen-bond donors (Lipinski definition) is 0. The van der Waals surface area contributed by atoms with Gasteiger partial charge in [0, 0.05) is 18.0 Å². The summed E-state index contributed by atoms with van der Waals surface area (Å²) in [6, 6.07) is 8.25. The fraction of sp³-hybridized carbons (Fsp3) is 0.500. The van der Waals surface area contributed by atoms with Crippen LogP contribution in [0.1, 0.15) is 49.3 Å².